The molecule has 3 nitrogen and oxygen atoms in total. The van der Waals surface area contributed by atoms with Gasteiger partial charge in [-0.05, 0) is 29.3 Å². The SMILES string of the molecule is Nc1ccc2c(-c3ccccc3)cc(-c3ccccc3)nc2n1. The zero-order valence-electron chi connectivity index (χ0n) is 12.5. The highest BCUT2D eigenvalue weighted by atomic mass is 14.9. The third-order valence-corrected chi connectivity index (χ3v) is 3.85. The second-order valence-corrected chi connectivity index (χ2v) is 5.39. The fourth-order valence-electron chi connectivity index (χ4n) is 2.73. The maximum Gasteiger partial charge on any atom is 0.162 e. The minimum atomic E-state index is 0.481. The van der Waals surface area contributed by atoms with Crippen LogP contribution in [-0.4, -0.2) is 9.97 Å². The number of pyridine rings is 2. The van der Waals surface area contributed by atoms with Gasteiger partial charge in [0.15, 0.2) is 5.65 Å². The molecule has 0 aliphatic rings. The Morgan fingerprint density at radius 1 is 0.652 bits per heavy atom. The molecule has 0 spiro atoms. The molecule has 23 heavy (non-hydrogen) atoms. The van der Waals surface area contributed by atoms with Crippen LogP contribution in [0.5, 0.6) is 0 Å². The summed E-state index contributed by atoms with van der Waals surface area (Å²) in [4.78, 5) is 9.12. The van der Waals surface area contributed by atoms with Crippen LogP contribution in [0.2, 0.25) is 0 Å². The summed E-state index contributed by atoms with van der Waals surface area (Å²) in [6, 6.07) is 26.3. The van der Waals surface area contributed by atoms with Gasteiger partial charge in [-0.15, -0.1) is 0 Å². The van der Waals surface area contributed by atoms with E-state index in [0.717, 1.165) is 27.8 Å². The average Bonchev–Trinajstić information content (AvgIpc) is 2.62. The van der Waals surface area contributed by atoms with Crippen molar-refractivity contribution in [3.63, 3.8) is 0 Å². The van der Waals surface area contributed by atoms with Gasteiger partial charge in [0.2, 0.25) is 0 Å². The molecule has 2 heterocycles. The molecular weight excluding hydrogens is 282 g/mol. The molecule has 2 N–H and O–H groups in total. The number of hydrogen-bond donors (Lipinski definition) is 1. The Kier molecular flexibility index (Phi) is 3.24. The van der Waals surface area contributed by atoms with Crippen LogP contribution < -0.4 is 5.73 Å². The van der Waals surface area contributed by atoms with Crippen molar-refractivity contribution in [3.05, 3.63) is 78.9 Å². The summed E-state index contributed by atoms with van der Waals surface area (Å²) < 4.78 is 0. The van der Waals surface area contributed by atoms with E-state index < -0.39 is 0 Å². The Labute approximate surface area is 134 Å². The Balaban J connectivity index is 2.03. The highest BCUT2D eigenvalue weighted by Gasteiger charge is 2.10. The number of nitrogens with two attached hydrogens (primary N) is 1. The lowest BCUT2D eigenvalue weighted by atomic mass is 10.00. The largest absolute Gasteiger partial charge is 0.384 e. The van der Waals surface area contributed by atoms with Crippen molar-refractivity contribution in [1.29, 1.82) is 0 Å². The molecule has 2 aromatic heterocycles. The Bertz CT molecular complexity index is 964. The summed E-state index contributed by atoms with van der Waals surface area (Å²) in [5.74, 6) is 0.481. The summed E-state index contributed by atoms with van der Waals surface area (Å²) in [6.45, 7) is 0. The minimum absolute atomic E-state index is 0.481. The molecule has 0 saturated carbocycles. The molecule has 0 saturated heterocycles. The van der Waals surface area contributed by atoms with Gasteiger partial charge in [0.25, 0.3) is 0 Å². The highest BCUT2D eigenvalue weighted by Crippen LogP contribution is 2.31. The Morgan fingerprint density at radius 3 is 2.00 bits per heavy atom. The monoisotopic (exact) mass is 297 g/mol. The molecule has 3 heteroatoms. The maximum atomic E-state index is 5.85. The number of benzene rings is 2. The number of rotatable bonds is 2. The first-order valence-corrected chi connectivity index (χ1v) is 7.49. The number of fused-ring (bicyclic) bond motifs is 1. The number of nitrogens with zero attached hydrogens (tertiary/aromatic N) is 2. The van der Waals surface area contributed by atoms with Crippen molar-refractivity contribution < 1.29 is 0 Å². The standard InChI is InChI=1S/C20H15N3/c21-19-12-11-16-17(14-7-3-1-4-8-14)13-18(22-20(16)23-19)15-9-5-2-6-10-15/h1-13H,(H2,21,22,23). The maximum absolute atomic E-state index is 5.85. The third kappa shape index (κ3) is 2.53. The van der Waals surface area contributed by atoms with E-state index in [1.54, 1.807) is 0 Å². The lowest BCUT2D eigenvalue weighted by Gasteiger charge is -2.10. The van der Waals surface area contributed by atoms with Crippen LogP contribution in [0.15, 0.2) is 78.9 Å². The summed E-state index contributed by atoms with van der Waals surface area (Å²) in [6.07, 6.45) is 0. The molecule has 0 aliphatic heterocycles. The van der Waals surface area contributed by atoms with E-state index in [9.17, 15) is 0 Å². The van der Waals surface area contributed by atoms with Gasteiger partial charge < -0.3 is 5.73 Å². The van der Waals surface area contributed by atoms with E-state index >= 15 is 0 Å². The molecule has 110 valence electrons. The lowest BCUT2D eigenvalue weighted by Crippen LogP contribution is -1.95. The highest BCUT2D eigenvalue weighted by molar-refractivity contribution is 5.95. The summed E-state index contributed by atoms with van der Waals surface area (Å²) in [7, 11) is 0. The molecule has 0 bridgehead atoms. The number of nitrogen functional groups attached to an aromatic ring is 1. The third-order valence-electron chi connectivity index (χ3n) is 3.85. The lowest BCUT2D eigenvalue weighted by molar-refractivity contribution is 1.29. The van der Waals surface area contributed by atoms with E-state index in [4.69, 9.17) is 10.7 Å². The van der Waals surface area contributed by atoms with Crippen LogP contribution in [0.4, 0.5) is 5.82 Å². The van der Waals surface area contributed by atoms with Gasteiger partial charge in [-0.2, -0.15) is 0 Å². The molecule has 0 aliphatic carbocycles. The van der Waals surface area contributed by atoms with E-state index in [0.29, 0.717) is 11.5 Å². The number of hydrogen-bond acceptors (Lipinski definition) is 3. The van der Waals surface area contributed by atoms with Crippen LogP contribution in [-0.2, 0) is 0 Å². The van der Waals surface area contributed by atoms with E-state index in [1.807, 2.05) is 48.5 Å². The first-order valence-electron chi connectivity index (χ1n) is 7.49. The molecule has 0 fully saturated rings. The fraction of sp³-hybridized carbons (Fsp3) is 0. The first kappa shape index (κ1) is 13.5. The molecule has 0 radical (unpaired) electrons. The predicted octanol–water partition coefficient (Wildman–Crippen LogP) is 4.55. The zero-order chi connectivity index (χ0) is 15.6. The summed E-state index contributed by atoms with van der Waals surface area (Å²) in [5, 5.41) is 1.00. The minimum Gasteiger partial charge on any atom is -0.384 e. The van der Waals surface area contributed by atoms with Crippen molar-refractivity contribution in [2.75, 3.05) is 5.73 Å². The van der Waals surface area contributed by atoms with Crippen LogP contribution in [0, 0.1) is 0 Å². The van der Waals surface area contributed by atoms with Gasteiger partial charge >= 0.3 is 0 Å². The second-order valence-electron chi connectivity index (χ2n) is 5.39. The number of anilines is 1. The molecule has 2 aromatic carbocycles. The van der Waals surface area contributed by atoms with Gasteiger partial charge in [0, 0.05) is 10.9 Å². The van der Waals surface area contributed by atoms with Crippen molar-refractivity contribution in [1.82, 2.24) is 9.97 Å². The zero-order valence-corrected chi connectivity index (χ0v) is 12.5. The topological polar surface area (TPSA) is 51.8 Å². The molecule has 4 aromatic rings. The van der Waals surface area contributed by atoms with E-state index in [1.165, 1.54) is 0 Å². The van der Waals surface area contributed by atoms with Crippen molar-refractivity contribution >= 4 is 16.9 Å². The molecular formula is C20H15N3. The van der Waals surface area contributed by atoms with E-state index in [2.05, 4.69) is 35.3 Å². The van der Waals surface area contributed by atoms with Gasteiger partial charge in [-0.25, -0.2) is 9.97 Å². The molecule has 0 atom stereocenters. The van der Waals surface area contributed by atoms with Crippen LogP contribution in [0.25, 0.3) is 33.4 Å². The quantitative estimate of drug-likeness (QED) is 0.590. The Hall–Kier alpha value is -3.20. The van der Waals surface area contributed by atoms with E-state index in [-0.39, 0.29) is 0 Å². The number of aromatic nitrogens is 2. The van der Waals surface area contributed by atoms with Gasteiger partial charge in [-0.3, -0.25) is 0 Å². The van der Waals surface area contributed by atoms with Gasteiger partial charge in [-0.1, -0.05) is 60.7 Å². The van der Waals surface area contributed by atoms with Crippen LogP contribution >= 0.6 is 0 Å². The van der Waals surface area contributed by atoms with Crippen molar-refractivity contribution in [3.8, 4) is 22.4 Å². The average molecular weight is 297 g/mol. The molecule has 0 amide bonds. The predicted molar refractivity (Wildman–Crippen MR) is 94.8 cm³/mol. The first-order chi connectivity index (χ1) is 11.3. The fourth-order valence-corrected chi connectivity index (χ4v) is 2.73. The smallest absolute Gasteiger partial charge is 0.162 e. The van der Waals surface area contributed by atoms with Crippen LogP contribution in [0.3, 0.4) is 0 Å². The second kappa shape index (κ2) is 5.54. The summed E-state index contributed by atoms with van der Waals surface area (Å²) in [5.41, 5.74) is 10.7. The normalized spacial score (nSPS) is 10.8. The van der Waals surface area contributed by atoms with Gasteiger partial charge in [0.1, 0.15) is 5.82 Å². The molecule has 4 rings (SSSR count). The summed E-state index contributed by atoms with van der Waals surface area (Å²) >= 11 is 0. The van der Waals surface area contributed by atoms with Crippen molar-refractivity contribution in [2.24, 2.45) is 0 Å². The van der Waals surface area contributed by atoms with Crippen LogP contribution in [0.1, 0.15) is 0 Å². The Morgan fingerprint density at radius 2 is 1.30 bits per heavy atom. The molecule has 0 unspecified atom stereocenters. The van der Waals surface area contributed by atoms with Crippen molar-refractivity contribution in [2.45, 2.75) is 0 Å². The van der Waals surface area contributed by atoms with Gasteiger partial charge in [0.05, 0.1) is 5.69 Å².